The van der Waals surface area contributed by atoms with Crippen LogP contribution in [0, 0.1) is 11.8 Å². The van der Waals surface area contributed by atoms with Crippen molar-refractivity contribution >= 4 is 0 Å². The lowest BCUT2D eigenvalue weighted by atomic mass is 10.1. The van der Waals surface area contributed by atoms with Gasteiger partial charge < -0.3 is 14.2 Å². The summed E-state index contributed by atoms with van der Waals surface area (Å²) in [7, 11) is 0. The molecule has 0 amide bonds. The predicted molar refractivity (Wildman–Crippen MR) is 39.4 cm³/mol. The normalized spacial score (nSPS) is 26.2. The standard InChI is InChI=1S/C8H14O3/c1-7(2-9-1)5-11-6-8-3-10-4-8/h7-8H,1-6H2. The molecule has 11 heavy (non-hydrogen) atoms. The van der Waals surface area contributed by atoms with Crippen LogP contribution in [0.1, 0.15) is 0 Å². The molecule has 0 aromatic rings. The highest BCUT2D eigenvalue weighted by atomic mass is 16.5. The Morgan fingerprint density at radius 3 is 1.64 bits per heavy atom. The van der Waals surface area contributed by atoms with Crippen LogP contribution in [0.5, 0.6) is 0 Å². The second-order valence-corrected chi connectivity index (χ2v) is 3.34. The summed E-state index contributed by atoms with van der Waals surface area (Å²) >= 11 is 0. The predicted octanol–water partition coefficient (Wildman–Crippen LogP) is 0.296. The lowest BCUT2D eigenvalue weighted by molar-refractivity contribution is -0.106. The van der Waals surface area contributed by atoms with Crippen molar-refractivity contribution in [2.24, 2.45) is 11.8 Å². The molecule has 2 fully saturated rings. The Kier molecular flexibility index (Phi) is 2.41. The molecule has 2 aliphatic heterocycles. The zero-order chi connectivity index (χ0) is 7.52. The van der Waals surface area contributed by atoms with Gasteiger partial charge in [0.25, 0.3) is 0 Å². The largest absolute Gasteiger partial charge is 0.381 e. The third-order valence-corrected chi connectivity index (χ3v) is 2.12. The second kappa shape index (κ2) is 3.52. The molecule has 0 bridgehead atoms. The summed E-state index contributed by atoms with van der Waals surface area (Å²) in [6.45, 7) is 5.30. The molecule has 2 heterocycles. The summed E-state index contributed by atoms with van der Waals surface area (Å²) in [5.41, 5.74) is 0. The fraction of sp³-hybridized carbons (Fsp3) is 1.00. The Morgan fingerprint density at radius 2 is 1.36 bits per heavy atom. The smallest absolute Gasteiger partial charge is 0.0538 e. The van der Waals surface area contributed by atoms with E-state index < -0.39 is 0 Å². The van der Waals surface area contributed by atoms with E-state index in [0.717, 1.165) is 39.6 Å². The highest BCUT2D eigenvalue weighted by Gasteiger charge is 2.21. The van der Waals surface area contributed by atoms with Gasteiger partial charge in [0.1, 0.15) is 0 Å². The Labute approximate surface area is 66.6 Å². The van der Waals surface area contributed by atoms with Gasteiger partial charge in [-0.1, -0.05) is 0 Å². The minimum atomic E-state index is 0.663. The minimum absolute atomic E-state index is 0.663. The molecule has 2 rings (SSSR count). The lowest BCUT2D eigenvalue weighted by Gasteiger charge is -2.29. The molecule has 0 saturated carbocycles. The van der Waals surface area contributed by atoms with Crippen molar-refractivity contribution in [3.8, 4) is 0 Å². The maximum Gasteiger partial charge on any atom is 0.0538 e. The van der Waals surface area contributed by atoms with Gasteiger partial charge >= 0.3 is 0 Å². The summed E-state index contributed by atoms with van der Waals surface area (Å²) in [5.74, 6) is 1.33. The molecule has 3 heteroatoms. The van der Waals surface area contributed by atoms with Crippen LogP contribution in [0.25, 0.3) is 0 Å². The van der Waals surface area contributed by atoms with Crippen molar-refractivity contribution in [1.29, 1.82) is 0 Å². The molecule has 64 valence electrons. The van der Waals surface area contributed by atoms with E-state index >= 15 is 0 Å². The molecule has 0 aliphatic carbocycles. The summed E-state index contributed by atoms with van der Waals surface area (Å²) in [6.07, 6.45) is 0. The summed E-state index contributed by atoms with van der Waals surface area (Å²) < 4.78 is 15.5. The van der Waals surface area contributed by atoms with Crippen LogP contribution in [0.2, 0.25) is 0 Å². The monoisotopic (exact) mass is 158 g/mol. The Balaban J connectivity index is 1.46. The lowest BCUT2D eigenvalue weighted by Crippen LogP contribution is -2.35. The molecule has 0 spiro atoms. The highest BCUT2D eigenvalue weighted by Crippen LogP contribution is 2.13. The molecular weight excluding hydrogens is 144 g/mol. The topological polar surface area (TPSA) is 27.7 Å². The van der Waals surface area contributed by atoms with Gasteiger partial charge in [0.15, 0.2) is 0 Å². The SMILES string of the molecule is C1OCC1COCC1COC1. The van der Waals surface area contributed by atoms with Gasteiger partial charge in [-0.05, 0) is 0 Å². The van der Waals surface area contributed by atoms with Gasteiger partial charge in [-0.2, -0.15) is 0 Å². The first-order chi connectivity index (χ1) is 5.45. The first kappa shape index (κ1) is 7.53. The van der Waals surface area contributed by atoms with Crippen LogP contribution in [0.15, 0.2) is 0 Å². The quantitative estimate of drug-likeness (QED) is 0.588. The van der Waals surface area contributed by atoms with E-state index in [1.54, 1.807) is 0 Å². The number of hydrogen-bond donors (Lipinski definition) is 0. The maximum absolute atomic E-state index is 5.48. The van der Waals surface area contributed by atoms with Crippen molar-refractivity contribution in [2.75, 3.05) is 39.6 Å². The van der Waals surface area contributed by atoms with Crippen molar-refractivity contribution < 1.29 is 14.2 Å². The Bertz CT molecular complexity index is 105. The molecule has 3 nitrogen and oxygen atoms in total. The number of hydrogen-bond acceptors (Lipinski definition) is 3. The van der Waals surface area contributed by atoms with E-state index in [4.69, 9.17) is 14.2 Å². The van der Waals surface area contributed by atoms with E-state index in [9.17, 15) is 0 Å². The van der Waals surface area contributed by atoms with Crippen LogP contribution >= 0.6 is 0 Å². The van der Waals surface area contributed by atoms with Gasteiger partial charge in [-0.15, -0.1) is 0 Å². The maximum atomic E-state index is 5.48. The molecular formula is C8H14O3. The third kappa shape index (κ3) is 1.92. The average molecular weight is 158 g/mol. The van der Waals surface area contributed by atoms with Gasteiger partial charge in [0.2, 0.25) is 0 Å². The first-order valence-electron chi connectivity index (χ1n) is 4.18. The Hall–Kier alpha value is -0.120. The Morgan fingerprint density at radius 1 is 0.909 bits per heavy atom. The van der Waals surface area contributed by atoms with Crippen LogP contribution in [-0.4, -0.2) is 39.6 Å². The molecule has 0 aromatic heterocycles. The highest BCUT2D eigenvalue weighted by molar-refractivity contribution is 4.67. The van der Waals surface area contributed by atoms with E-state index in [1.165, 1.54) is 0 Å². The number of ether oxygens (including phenoxy) is 3. The van der Waals surface area contributed by atoms with Crippen LogP contribution in [0.4, 0.5) is 0 Å². The second-order valence-electron chi connectivity index (χ2n) is 3.34. The molecule has 2 saturated heterocycles. The van der Waals surface area contributed by atoms with Gasteiger partial charge in [0, 0.05) is 11.8 Å². The number of rotatable bonds is 4. The van der Waals surface area contributed by atoms with Gasteiger partial charge in [0.05, 0.1) is 39.6 Å². The average Bonchev–Trinajstić information content (AvgIpc) is 1.79. The van der Waals surface area contributed by atoms with Crippen molar-refractivity contribution in [2.45, 2.75) is 0 Å². The molecule has 0 N–H and O–H groups in total. The first-order valence-corrected chi connectivity index (χ1v) is 4.18. The summed E-state index contributed by atoms with van der Waals surface area (Å²) in [5, 5.41) is 0. The molecule has 2 aliphatic rings. The van der Waals surface area contributed by atoms with Gasteiger partial charge in [-0.3, -0.25) is 0 Å². The van der Waals surface area contributed by atoms with Crippen LogP contribution in [-0.2, 0) is 14.2 Å². The fourth-order valence-corrected chi connectivity index (χ4v) is 1.16. The molecule has 0 aromatic carbocycles. The zero-order valence-electron chi connectivity index (χ0n) is 6.62. The third-order valence-electron chi connectivity index (χ3n) is 2.12. The van der Waals surface area contributed by atoms with E-state index in [0.29, 0.717) is 11.8 Å². The summed E-state index contributed by atoms with van der Waals surface area (Å²) in [6, 6.07) is 0. The molecule has 0 radical (unpaired) electrons. The van der Waals surface area contributed by atoms with E-state index in [1.807, 2.05) is 0 Å². The molecule has 0 unspecified atom stereocenters. The zero-order valence-corrected chi connectivity index (χ0v) is 6.62. The summed E-state index contributed by atoms with van der Waals surface area (Å²) in [4.78, 5) is 0. The van der Waals surface area contributed by atoms with E-state index in [2.05, 4.69) is 0 Å². The minimum Gasteiger partial charge on any atom is -0.381 e. The van der Waals surface area contributed by atoms with Crippen molar-refractivity contribution in [3.63, 3.8) is 0 Å². The fourth-order valence-electron chi connectivity index (χ4n) is 1.16. The van der Waals surface area contributed by atoms with Crippen LogP contribution in [0.3, 0.4) is 0 Å². The van der Waals surface area contributed by atoms with Crippen molar-refractivity contribution in [1.82, 2.24) is 0 Å². The van der Waals surface area contributed by atoms with Crippen molar-refractivity contribution in [3.05, 3.63) is 0 Å². The molecule has 0 atom stereocenters. The van der Waals surface area contributed by atoms with Crippen LogP contribution < -0.4 is 0 Å². The van der Waals surface area contributed by atoms with E-state index in [-0.39, 0.29) is 0 Å². The van der Waals surface area contributed by atoms with Gasteiger partial charge in [-0.25, -0.2) is 0 Å².